The smallest absolute Gasteiger partial charge is 0.267 e. The van der Waals surface area contributed by atoms with Crippen LogP contribution in [0.25, 0.3) is 10.9 Å². The number of fused-ring (bicyclic) bond motifs is 1. The average molecular weight is 342 g/mol. The number of halogens is 1. The Morgan fingerprint density at radius 2 is 1.88 bits per heavy atom. The van der Waals surface area contributed by atoms with E-state index in [4.69, 9.17) is 4.74 Å². The summed E-state index contributed by atoms with van der Waals surface area (Å²) in [5, 5.41) is 13.3. The van der Waals surface area contributed by atoms with E-state index in [-0.39, 0.29) is 0 Å². The minimum Gasteiger partial charge on any atom is -0.506 e. The van der Waals surface area contributed by atoms with Gasteiger partial charge in [0.15, 0.2) is 0 Å². The van der Waals surface area contributed by atoms with Crippen LogP contribution in [0, 0.1) is 5.82 Å². The Bertz CT molecular complexity index is 1030. The number of nitrogens with one attached hydrogen (secondary N) is 1. The summed E-state index contributed by atoms with van der Waals surface area (Å²) < 4.78 is 19.3. The Labute approximate surface area is 142 Å². The van der Waals surface area contributed by atoms with Crippen LogP contribution in [0.5, 0.6) is 11.5 Å². The summed E-state index contributed by atoms with van der Waals surface area (Å²) in [7, 11) is 2.98. The van der Waals surface area contributed by atoms with Crippen LogP contribution >= 0.6 is 0 Å². The summed E-state index contributed by atoms with van der Waals surface area (Å²) in [4.78, 5) is 25.0. The fraction of sp³-hybridized carbons (Fsp3) is 0.111. The van der Waals surface area contributed by atoms with E-state index in [2.05, 4.69) is 5.32 Å². The first-order chi connectivity index (χ1) is 11.9. The fourth-order valence-electron chi connectivity index (χ4n) is 2.57. The number of nitrogens with zero attached hydrogens (tertiary/aromatic N) is 1. The number of ether oxygens (including phenoxy) is 1. The molecule has 3 aromatic rings. The largest absolute Gasteiger partial charge is 0.506 e. The van der Waals surface area contributed by atoms with Gasteiger partial charge in [-0.05, 0) is 42.5 Å². The molecule has 0 radical (unpaired) electrons. The topological polar surface area (TPSA) is 80.6 Å². The molecular formula is C18H15FN2O4. The van der Waals surface area contributed by atoms with E-state index in [1.54, 1.807) is 18.2 Å². The Morgan fingerprint density at radius 3 is 2.52 bits per heavy atom. The van der Waals surface area contributed by atoms with Crippen LogP contribution in [-0.4, -0.2) is 22.7 Å². The first kappa shape index (κ1) is 16.5. The Balaban J connectivity index is 2.13. The maximum atomic E-state index is 13.0. The molecule has 0 aliphatic heterocycles. The monoisotopic (exact) mass is 342 g/mol. The van der Waals surface area contributed by atoms with E-state index in [9.17, 15) is 19.1 Å². The fourth-order valence-corrected chi connectivity index (χ4v) is 2.57. The molecule has 3 rings (SSSR count). The van der Waals surface area contributed by atoms with Crippen LogP contribution in [0.3, 0.4) is 0 Å². The molecule has 25 heavy (non-hydrogen) atoms. The summed E-state index contributed by atoms with van der Waals surface area (Å²) in [5.41, 5.74) is -0.275. The maximum Gasteiger partial charge on any atom is 0.267 e. The minimum atomic E-state index is -0.783. The van der Waals surface area contributed by atoms with Crippen molar-refractivity contribution >= 4 is 22.5 Å². The SMILES string of the molecule is COc1ccc2c(c1)c(O)c(C(=O)Nc1ccc(F)cc1)c(=O)n2C. The summed E-state index contributed by atoms with van der Waals surface area (Å²) in [6, 6.07) is 9.89. The molecule has 0 fully saturated rings. The number of hydrogen-bond acceptors (Lipinski definition) is 4. The van der Waals surface area contributed by atoms with Gasteiger partial charge in [0, 0.05) is 18.1 Å². The van der Waals surface area contributed by atoms with Gasteiger partial charge < -0.3 is 19.7 Å². The predicted octanol–water partition coefficient (Wildman–Crippen LogP) is 2.64. The molecule has 0 atom stereocenters. The highest BCUT2D eigenvalue weighted by Crippen LogP contribution is 2.29. The second kappa shape index (κ2) is 6.27. The summed E-state index contributed by atoms with van der Waals surface area (Å²) in [5.74, 6) is -1.19. The second-order valence-corrected chi connectivity index (χ2v) is 5.43. The van der Waals surface area contributed by atoms with Gasteiger partial charge in [-0.2, -0.15) is 0 Å². The standard InChI is InChI=1S/C18H15FN2O4/c1-21-14-8-7-12(25-2)9-13(14)16(22)15(18(21)24)17(23)20-11-5-3-10(19)4-6-11/h3-9,22H,1-2H3,(H,20,23). The highest BCUT2D eigenvalue weighted by atomic mass is 19.1. The average Bonchev–Trinajstić information content (AvgIpc) is 2.61. The first-order valence-electron chi connectivity index (χ1n) is 7.39. The number of carbonyl (C=O) groups excluding carboxylic acids is 1. The van der Waals surface area contributed by atoms with Crippen molar-refractivity contribution < 1.29 is 19.0 Å². The zero-order valence-corrected chi connectivity index (χ0v) is 13.5. The predicted molar refractivity (Wildman–Crippen MR) is 91.8 cm³/mol. The number of aromatic nitrogens is 1. The van der Waals surface area contributed by atoms with E-state index in [1.165, 1.54) is 43.0 Å². The van der Waals surface area contributed by atoms with Gasteiger partial charge in [-0.1, -0.05) is 0 Å². The van der Waals surface area contributed by atoms with Gasteiger partial charge in [0.05, 0.1) is 12.6 Å². The highest BCUT2D eigenvalue weighted by Gasteiger charge is 2.21. The van der Waals surface area contributed by atoms with Crippen molar-refractivity contribution in [3.8, 4) is 11.5 Å². The molecule has 6 nitrogen and oxygen atoms in total. The van der Waals surface area contributed by atoms with E-state index in [0.717, 1.165) is 0 Å². The molecule has 1 heterocycles. The Hall–Kier alpha value is -3.35. The van der Waals surface area contributed by atoms with Crippen molar-refractivity contribution in [2.45, 2.75) is 0 Å². The molecule has 1 aromatic heterocycles. The van der Waals surface area contributed by atoms with E-state index in [0.29, 0.717) is 22.3 Å². The lowest BCUT2D eigenvalue weighted by Gasteiger charge is -2.13. The van der Waals surface area contributed by atoms with Crippen molar-refractivity contribution in [2.24, 2.45) is 7.05 Å². The zero-order chi connectivity index (χ0) is 18.1. The molecule has 7 heteroatoms. The number of rotatable bonds is 3. The number of anilines is 1. The lowest BCUT2D eigenvalue weighted by atomic mass is 10.1. The first-order valence-corrected chi connectivity index (χ1v) is 7.39. The second-order valence-electron chi connectivity index (χ2n) is 5.43. The minimum absolute atomic E-state index is 0.304. The number of amides is 1. The highest BCUT2D eigenvalue weighted by molar-refractivity contribution is 6.09. The molecule has 0 unspecified atom stereocenters. The van der Waals surface area contributed by atoms with Crippen molar-refractivity contribution in [2.75, 3.05) is 12.4 Å². The third-order valence-corrected chi connectivity index (χ3v) is 3.90. The molecule has 1 amide bonds. The van der Waals surface area contributed by atoms with Gasteiger partial charge in [-0.3, -0.25) is 9.59 Å². The van der Waals surface area contributed by atoms with Gasteiger partial charge >= 0.3 is 0 Å². The molecule has 0 spiro atoms. The summed E-state index contributed by atoms with van der Waals surface area (Å²) >= 11 is 0. The van der Waals surface area contributed by atoms with Crippen LogP contribution in [0.4, 0.5) is 10.1 Å². The molecule has 0 aliphatic rings. The van der Waals surface area contributed by atoms with Gasteiger partial charge in [0.2, 0.25) is 0 Å². The third-order valence-electron chi connectivity index (χ3n) is 3.90. The molecular weight excluding hydrogens is 327 g/mol. The lowest BCUT2D eigenvalue weighted by molar-refractivity contribution is 0.102. The summed E-state index contributed by atoms with van der Waals surface area (Å²) in [6.45, 7) is 0. The maximum absolute atomic E-state index is 13.0. The molecule has 2 aromatic carbocycles. The van der Waals surface area contributed by atoms with Gasteiger partial charge in [0.1, 0.15) is 22.9 Å². The van der Waals surface area contributed by atoms with E-state index in [1.807, 2.05) is 0 Å². The van der Waals surface area contributed by atoms with Gasteiger partial charge in [-0.15, -0.1) is 0 Å². The number of aromatic hydroxyl groups is 1. The van der Waals surface area contributed by atoms with E-state index < -0.39 is 28.6 Å². The van der Waals surface area contributed by atoms with Crippen molar-refractivity contribution in [1.29, 1.82) is 0 Å². The number of benzene rings is 2. The van der Waals surface area contributed by atoms with Crippen molar-refractivity contribution in [1.82, 2.24) is 4.57 Å². The molecule has 0 bridgehead atoms. The normalized spacial score (nSPS) is 10.7. The van der Waals surface area contributed by atoms with Crippen molar-refractivity contribution in [3.63, 3.8) is 0 Å². The van der Waals surface area contributed by atoms with Crippen LogP contribution in [-0.2, 0) is 7.05 Å². The van der Waals surface area contributed by atoms with Gasteiger partial charge in [0.25, 0.3) is 11.5 Å². The lowest BCUT2D eigenvalue weighted by Crippen LogP contribution is -2.28. The Kier molecular flexibility index (Phi) is 4.14. The van der Waals surface area contributed by atoms with Crippen LogP contribution in [0.2, 0.25) is 0 Å². The molecule has 2 N–H and O–H groups in total. The number of pyridine rings is 1. The molecule has 0 saturated carbocycles. The van der Waals surface area contributed by atoms with Crippen molar-refractivity contribution in [3.05, 3.63) is 64.2 Å². The molecule has 0 aliphatic carbocycles. The third kappa shape index (κ3) is 2.91. The quantitative estimate of drug-likeness (QED) is 0.767. The zero-order valence-electron chi connectivity index (χ0n) is 13.5. The molecule has 128 valence electrons. The number of methoxy groups -OCH3 is 1. The van der Waals surface area contributed by atoms with Crippen LogP contribution < -0.4 is 15.6 Å². The summed E-state index contributed by atoms with van der Waals surface area (Å²) in [6.07, 6.45) is 0. The molecule has 0 saturated heterocycles. The number of aryl methyl sites for hydroxylation is 1. The van der Waals surface area contributed by atoms with Gasteiger partial charge in [-0.25, -0.2) is 4.39 Å². The Morgan fingerprint density at radius 1 is 1.20 bits per heavy atom. The number of hydrogen-bond donors (Lipinski definition) is 2. The van der Waals surface area contributed by atoms with Crippen LogP contribution in [0.15, 0.2) is 47.3 Å². The number of carbonyl (C=O) groups is 1. The van der Waals surface area contributed by atoms with Crippen LogP contribution in [0.1, 0.15) is 10.4 Å². The van der Waals surface area contributed by atoms with E-state index >= 15 is 0 Å².